The maximum atomic E-state index is 12.3. The van der Waals surface area contributed by atoms with Crippen molar-refractivity contribution in [3.05, 3.63) is 35.9 Å². The van der Waals surface area contributed by atoms with E-state index < -0.39 is 22.8 Å². The van der Waals surface area contributed by atoms with Gasteiger partial charge in [-0.1, -0.05) is 51.1 Å². The van der Waals surface area contributed by atoms with Crippen LogP contribution >= 0.6 is 0 Å². The van der Waals surface area contributed by atoms with E-state index in [0.717, 1.165) is 12.8 Å². The summed E-state index contributed by atoms with van der Waals surface area (Å²) in [7, 11) is 0. The summed E-state index contributed by atoms with van der Waals surface area (Å²) in [5.41, 5.74) is -1.25. The van der Waals surface area contributed by atoms with E-state index in [4.69, 9.17) is 14.2 Å². The summed E-state index contributed by atoms with van der Waals surface area (Å²) in [5.74, 6) is -0.201. The number of rotatable bonds is 11. The van der Waals surface area contributed by atoms with Crippen LogP contribution < -0.4 is 0 Å². The number of carbonyl (C=O) groups excluding carboxylic acids is 1. The van der Waals surface area contributed by atoms with Gasteiger partial charge in [0.25, 0.3) is 0 Å². The van der Waals surface area contributed by atoms with E-state index in [-0.39, 0.29) is 18.1 Å². The highest BCUT2D eigenvalue weighted by Crippen LogP contribution is 2.39. The van der Waals surface area contributed by atoms with Crippen LogP contribution in [0.3, 0.4) is 0 Å². The van der Waals surface area contributed by atoms with Crippen molar-refractivity contribution in [1.82, 2.24) is 0 Å². The van der Waals surface area contributed by atoms with Gasteiger partial charge in [0.15, 0.2) is 0 Å². The Labute approximate surface area is 183 Å². The molecule has 0 saturated carbocycles. The van der Waals surface area contributed by atoms with Gasteiger partial charge in [0.05, 0.1) is 17.8 Å². The zero-order valence-corrected chi connectivity index (χ0v) is 20.4. The summed E-state index contributed by atoms with van der Waals surface area (Å²) >= 11 is 0. The Morgan fingerprint density at radius 2 is 1.60 bits per heavy atom. The van der Waals surface area contributed by atoms with Gasteiger partial charge in [0.2, 0.25) is 0 Å². The van der Waals surface area contributed by atoms with Crippen LogP contribution in [0.5, 0.6) is 0 Å². The maximum absolute atomic E-state index is 12.3. The topological polar surface area (TPSA) is 65.0 Å². The predicted octanol–water partition coefficient (Wildman–Crippen LogP) is 5.78. The van der Waals surface area contributed by atoms with Crippen LogP contribution in [0.1, 0.15) is 74.3 Å². The minimum Gasteiger partial charge on any atom is -0.434 e. The first-order valence-corrected chi connectivity index (χ1v) is 10.9. The van der Waals surface area contributed by atoms with E-state index in [0.29, 0.717) is 6.61 Å². The highest BCUT2D eigenvalue weighted by Gasteiger charge is 2.45. The molecule has 1 aromatic carbocycles. The summed E-state index contributed by atoms with van der Waals surface area (Å²) in [4.78, 5) is 12.3. The molecule has 1 N–H and O–H groups in total. The first-order chi connectivity index (χ1) is 13.6. The monoisotopic (exact) mass is 422 g/mol. The van der Waals surface area contributed by atoms with E-state index in [2.05, 4.69) is 39.8 Å². The summed E-state index contributed by atoms with van der Waals surface area (Å²) < 4.78 is 17.3. The predicted molar refractivity (Wildman–Crippen MR) is 121 cm³/mol. The van der Waals surface area contributed by atoms with E-state index in [1.165, 1.54) is 5.56 Å². The standard InChI is InChI=1S/C25H42O5/c1-10-25(9,18-29-22(3,4)16-20-14-12-11-13-15-20)24(7,8)30-21(26)28-17-19(2)23(5,6)27/h11-15,19,27H,10,16-18H2,1-9H3. The maximum Gasteiger partial charge on any atom is 0.508 e. The normalized spacial score (nSPS) is 15.9. The fourth-order valence-corrected chi connectivity index (χ4v) is 2.95. The lowest BCUT2D eigenvalue weighted by Crippen LogP contribution is -2.49. The molecule has 0 radical (unpaired) electrons. The summed E-state index contributed by atoms with van der Waals surface area (Å²) in [5, 5.41) is 10.0. The van der Waals surface area contributed by atoms with Crippen LogP contribution in [-0.2, 0) is 20.6 Å². The highest BCUT2D eigenvalue weighted by atomic mass is 16.7. The van der Waals surface area contributed by atoms with Gasteiger partial charge in [-0.25, -0.2) is 4.79 Å². The van der Waals surface area contributed by atoms with Gasteiger partial charge in [-0.3, -0.25) is 0 Å². The van der Waals surface area contributed by atoms with Crippen LogP contribution in [0.2, 0.25) is 0 Å². The number of benzene rings is 1. The van der Waals surface area contributed by atoms with Gasteiger partial charge in [0, 0.05) is 17.8 Å². The smallest absolute Gasteiger partial charge is 0.434 e. The van der Waals surface area contributed by atoms with Crippen molar-refractivity contribution < 1.29 is 24.1 Å². The first-order valence-electron chi connectivity index (χ1n) is 10.9. The van der Waals surface area contributed by atoms with Gasteiger partial charge in [-0.2, -0.15) is 0 Å². The lowest BCUT2D eigenvalue weighted by Gasteiger charge is -2.44. The number of hydrogen-bond acceptors (Lipinski definition) is 5. The molecule has 0 spiro atoms. The molecular weight excluding hydrogens is 380 g/mol. The molecule has 0 aliphatic carbocycles. The molecule has 0 heterocycles. The average Bonchev–Trinajstić information content (AvgIpc) is 2.63. The molecular formula is C25H42O5. The summed E-state index contributed by atoms with van der Waals surface area (Å²) in [6.45, 7) is 17.8. The number of aliphatic hydroxyl groups is 1. The Morgan fingerprint density at radius 3 is 2.10 bits per heavy atom. The molecule has 0 amide bonds. The van der Waals surface area contributed by atoms with E-state index in [1.54, 1.807) is 13.8 Å². The van der Waals surface area contributed by atoms with Crippen LogP contribution in [0.15, 0.2) is 30.3 Å². The number of carbonyl (C=O) groups is 1. The lowest BCUT2D eigenvalue weighted by atomic mass is 9.73. The third kappa shape index (κ3) is 7.92. The minimum absolute atomic E-state index is 0.0991. The van der Waals surface area contributed by atoms with Gasteiger partial charge in [-0.15, -0.1) is 0 Å². The SMILES string of the molecule is CCC(C)(COC(C)(C)Cc1ccccc1)C(C)(C)OC(=O)OCC(C)C(C)(C)O. The van der Waals surface area contributed by atoms with Crippen LogP contribution in [0.25, 0.3) is 0 Å². The Kier molecular flexibility index (Phi) is 8.94. The van der Waals surface area contributed by atoms with Crippen molar-refractivity contribution in [2.45, 2.75) is 92.0 Å². The second-order valence-electron chi connectivity index (χ2n) is 10.4. The Bertz CT molecular complexity index is 660. The molecule has 0 aliphatic rings. The van der Waals surface area contributed by atoms with Crippen molar-refractivity contribution in [2.75, 3.05) is 13.2 Å². The molecule has 0 fully saturated rings. The van der Waals surface area contributed by atoms with Crippen molar-refractivity contribution >= 4 is 6.16 Å². The summed E-state index contributed by atoms with van der Waals surface area (Å²) in [6, 6.07) is 10.3. The van der Waals surface area contributed by atoms with Gasteiger partial charge in [-0.05, 0) is 53.5 Å². The minimum atomic E-state index is -0.925. The molecule has 1 aromatic rings. The fourth-order valence-electron chi connectivity index (χ4n) is 2.95. The molecule has 5 nitrogen and oxygen atoms in total. The highest BCUT2D eigenvalue weighted by molar-refractivity contribution is 5.60. The molecule has 172 valence electrons. The van der Waals surface area contributed by atoms with Crippen molar-refractivity contribution in [3.8, 4) is 0 Å². The van der Waals surface area contributed by atoms with Gasteiger partial charge in [0.1, 0.15) is 12.2 Å². The van der Waals surface area contributed by atoms with Crippen molar-refractivity contribution in [3.63, 3.8) is 0 Å². The Morgan fingerprint density at radius 1 is 1.03 bits per heavy atom. The summed E-state index contributed by atoms with van der Waals surface area (Å²) in [6.07, 6.45) is 0.847. The first kappa shape index (κ1) is 26.4. The zero-order valence-electron chi connectivity index (χ0n) is 20.4. The van der Waals surface area contributed by atoms with Crippen LogP contribution in [-0.4, -0.2) is 41.3 Å². The van der Waals surface area contributed by atoms with Gasteiger partial charge < -0.3 is 19.3 Å². The molecule has 0 bridgehead atoms. The van der Waals surface area contributed by atoms with E-state index in [1.807, 2.05) is 39.0 Å². The lowest BCUT2D eigenvalue weighted by molar-refractivity contribution is -0.143. The van der Waals surface area contributed by atoms with Crippen molar-refractivity contribution in [2.24, 2.45) is 11.3 Å². The van der Waals surface area contributed by atoms with Gasteiger partial charge >= 0.3 is 6.16 Å². The van der Waals surface area contributed by atoms with E-state index in [9.17, 15) is 9.90 Å². The average molecular weight is 423 g/mol. The molecule has 2 atom stereocenters. The molecule has 0 aliphatic heterocycles. The second-order valence-corrected chi connectivity index (χ2v) is 10.4. The number of ether oxygens (including phenoxy) is 3. The molecule has 5 heteroatoms. The quantitative estimate of drug-likeness (QED) is 0.458. The number of hydrogen-bond donors (Lipinski definition) is 1. The van der Waals surface area contributed by atoms with Crippen LogP contribution in [0, 0.1) is 11.3 Å². The second kappa shape index (κ2) is 10.1. The largest absolute Gasteiger partial charge is 0.508 e. The Balaban J connectivity index is 2.72. The molecule has 2 unspecified atom stereocenters. The Hall–Kier alpha value is -1.59. The fraction of sp³-hybridized carbons (Fsp3) is 0.720. The van der Waals surface area contributed by atoms with Crippen molar-refractivity contribution in [1.29, 1.82) is 0 Å². The third-order valence-corrected chi connectivity index (χ3v) is 6.48. The third-order valence-electron chi connectivity index (χ3n) is 6.48. The molecule has 0 saturated heterocycles. The zero-order chi connectivity index (χ0) is 23.2. The molecule has 0 aromatic heterocycles. The molecule has 30 heavy (non-hydrogen) atoms. The molecule has 1 rings (SSSR count). The van der Waals surface area contributed by atoms with E-state index >= 15 is 0 Å². The van der Waals surface area contributed by atoms with Crippen LogP contribution in [0.4, 0.5) is 4.79 Å².